The quantitative estimate of drug-likeness (QED) is 0.448. The van der Waals surface area contributed by atoms with Crippen molar-refractivity contribution >= 4 is 52.2 Å². The fourth-order valence-corrected chi connectivity index (χ4v) is 3.57. The van der Waals surface area contributed by atoms with Gasteiger partial charge in [-0.25, -0.2) is 0 Å². The summed E-state index contributed by atoms with van der Waals surface area (Å²) >= 11 is 11.9. The number of aromatic hydroxyl groups is 1. The molecule has 3 aromatic carbocycles. The minimum atomic E-state index is -0.292. The van der Waals surface area contributed by atoms with E-state index in [0.29, 0.717) is 33.5 Å². The highest BCUT2D eigenvalue weighted by atomic mass is 35.5. The molecule has 0 bridgehead atoms. The molecule has 0 unspecified atom stereocenters. The highest BCUT2D eigenvalue weighted by Crippen LogP contribution is 2.37. The highest BCUT2D eigenvalue weighted by Gasteiger charge is 2.25. The molecule has 1 aliphatic heterocycles. The predicted molar refractivity (Wildman–Crippen MR) is 111 cm³/mol. The molecule has 0 spiro atoms. The van der Waals surface area contributed by atoms with Gasteiger partial charge >= 0.3 is 0 Å². The van der Waals surface area contributed by atoms with Gasteiger partial charge in [-0.05, 0) is 42.0 Å². The summed E-state index contributed by atoms with van der Waals surface area (Å²) in [6, 6.07) is 17.1. The molecule has 138 valence electrons. The topological polar surface area (TPSA) is 66.4 Å². The molecule has 4 nitrogen and oxygen atoms in total. The van der Waals surface area contributed by atoms with E-state index in [1.807, 2.05) is 6.07 Å². The average Bonchev–Trinajstić information content (AvgIpc) is 3.00. The molecule has 1 amide bonds. The number of halogens is 2. The number of carbonyl (C=O) groups is 2. The lowest BCUT2D eigenvalue weighted by atomic mass is 9.97. The monoisotopic (exact) mass is 409 g/mol. The summed E-state index contributed by atoms with van der Waals surface area (Å²) < 4.78 is 0. The summed E-state index contributed by atoms with van der Waals surface area (Å²) in [7, 11) is 0. The van der Waals surface area contributed by atoms with Crippen molar-refractivity contribution in [3.63, 3.8) is 0 Å². The van der Waals surface area contributed by atoms with Crippen LogP contribution in [0.1, 0.15) is 27.0 Å². The second kappa shape index (κ2) is 7.15. The van der Waals surface area contributed by atoms with Crippen LogP contribution in [0.15, 0.2) is 60.7 Å². The van der Waals surface area contributed by atoms with E-state index in [1.165, 1.54) is 12.1 Å². The Hall–Kier alpha value is -3.08. The summed E-state index contributed by atoms with van der Waals surface area (Å²) in [6.45, 7) is 0. The summed E-state index contributed by atoms with van der Waals surface area (Å²) in [6.07, 6.45) is 1.62. The zero-order valence-electron chi connectivity index (χ0n) is 14.4. The van der Waals surface area contributed by atoms with Gasteiger partial charge in [0.2, 0.25) is 0 Å². The van der Waals surface area contributed by atoms with Crippen LogP contribution in [0.5, 0.6) is 5.75 Å². The van der Waals surface area contributed by atoms with E-state index in [1.54, 1.807) is 48.5 Å². The highest BCUT2D eigenvalue weighted by molar-refractivity contribution is 6.38. The van der Waals surface area contributed by atoms with Crippen LogP contribution in [-0.2, 0) is 4.79 Å². The summed E-state index contributed by atoms with van der Waals surface area (Å²) in [5.74, 6) is -0.630. The lowest BCUT2D eigenvalue weighted by molar-refractivity contribution is -0.110. The zero-order chi connectivity index (χ0) is 19.8. The van der Waals surface area contributed by atoms with Gasteiger partial charge in [0.15, 0.2) is 11.5 Å². The van der Waals surface area contributed by atoms with Crippen LogP contribution in [-0.4, -0.2) is 16.8 Å². The molecule has 0 aliphatic carbocycles. The first-order valence-corrected chi connectivity index (χ1v) is 9.15. The molecule has 3 aromatic rings. The first-order chi connectivity index (χ1) is 13.4. The number of amides is 1. The van der Waals surface area contributed by atoms with Gasteiger partial charge in [-0.2, -0.15) is 0 Å². The van der Waals surface area contributed by atoms with Gasteiger partial charge in [0.05, 0.1) is 10.0 Å². The number of carbonyl (C=O) groups excluding carboxylic acids is 2. The molecule has 1 heterocycles. The molecular formula is C22H13Cl2NO3. The summed E-state index contributed by atoms with van der Waals surface area (Å²) in [4.78, 5) is 25.2. The number of ketones is 1. The van der Waals surface area contributed by atoms with E-state index in [9.17, 15) is 14.7 Å². The molecular weight excluding hydrogens is 397 g/mol. The van der Waals surface area contributed by atoms with Crippen molar-refractivity contribution in [2.75, 3.05) is 5.32 Å². The molecule has 0 atom stereocenters. The number of nitrogens with one attached hydrogen (secondary N) is 1. The number of benzene rings is 3. The standard InChI is InChI=1S/C22H13Cl2NO3/c23-17-9-12(10-18(24)21(17)27)8-16-15-11-14(6-7-19(15)25-22(16)28)20(26)13-4-2-1-3-5-13/h1-11,27H,(H,25,28). The van der Waals surface area contributed by atoms with E-state index in [0.717, 1.165) is 0 Å². The van der Waals surface area contributed by atoms with Gasteiger partial charge in [0.1, 0.15) is 0 Å². The van der Waals surface area contributed by atoms with Crippen molar-refractivity contribution < 1.29 is 14.7 Å². The van der Waals surface area contributed by atoms with E-state index >= 15 is 0 Å². The van der Waals surface area contributed by atoms with Gasteiger partial charge in [-0.1, -0.05) is 53.5 Å². The summed E-state index contributed by atoms with van der Waals surface area (Å²) in [5.41, 5.74) is 3.24. The number of anilines is 1. The number of rotatable bonds is 3. The molecule has 0 saturated heterocycles. The third-order valence-corrected chi connectivity index (χ3v) is 5.03. The molecule has 0 fully saturated rings. The Bertz CT molecular complexity index is 1130. The predicted octanol–water partition coefficient (Wildman–Crippen LogP) is 5.42. The second-order valence-electron chi connectivity index (χ2n) is 6.30. The zero-order valence-corrected chi connectivity index (χ0v) is 15.9. The van der Waals surface area contributed by atoms with Crippen LogP contribution in [0.2, 0.25) is 10.0 Å². The Labute approximate surface area is 171 Å². The number of hydrogen-bond acceptors (Lipinski definition) is 3. The summed E-state index contributed by atoms with van der Waals surface area (Å²) in [5, 5.41) is 12.7. The smallest absolute Gasteiger partial charge is 0.256 e. The number of phenols is 1. The third kappa shape index (κ3) is 3.28. The maximum absolute atomic E-state index is 12.7. The maximum atomic E-state index is 12.7. The van der Waals surface area contributed by atoms with Crippen LogP contribution < -0.4 is 5.32 Å². The van der Waals surface area contributed by atoms with Crippen LogP contribution in [0, 0.1) is 0 Å². The van der Waals surface area contributed by atoms with Crippen LogP contribution in [0.25, 0.3) is 11.6 Å². The van der Waals surface area contributed by atoms with Crippen molar-refractivity contribution in [3.05, 3.63) is 93.0 Å². The van der Waals surface area contributed by atoms with Gasteiger partial charge in [0, 0.05) is 28.0 Å². The fourth-order valence-electron chi connectivity index (χ4n) is 3.06. The second-order valence-corrected chi connectivity index (χ2v) is 7.12. The largest absolute Gasteiger partial charge is 0.505 e. The van der Waals surface area contributed by atoms with Crippen molar-refractivity contribution in [2.24, 2.45) is 0 Å². The first-order valence-electron chi connectivity index (χ1n) is 8.39. The Morgan fingerprint density at radius 3 is 2.29 bits per heavy atom. The molecule has 0 radical (unpaired) electrons. The molecule has 2 N–H and O–H groups in total. The van der Waals surface area contributed by atoms with E-state index in [-0.39, 0.29) is 27.5 Å². The van der Waals surface area contributed by atoms with Crippen molar-refractivity contribution in [1.29, 1.82) is 0 Å². The normalized spacial score (nSPS) is 14.1. The van der Waals surface area contributed by atoms with Crippen LogP contribution >= 0.6 is 23.2 Å². The van der Waals surface area contributed by atoms with Gasteiger partial charge < -0.3 is 10.4 Å². The number of fused-ring (bicyclic) bond motifs is 1. The van der Waals surface area contributed by atoms with Crippen molar-refractivity contribution in [1.82, 2.24) is 0 Å². The fraction of sp³-hybridized carbons (Fsp3) is 0. The number of phenolic OH excluding ortho intramolecular Hbond substituents is 1. The SMILES string of the molecule is O=C1Nc2ccc(C(=O)c3ccccc3)cc2C1=Cc1cc(Cl)c(O)c(Cl)c1. The maximum Gasteiger partial charge on any atom is 0.256 e. The van der Waals surface area contributed by atoms with Gasteiger partial charge in [-0.15, -0.1) is 0 Å². The van der Waals surface area contributed by atoms with Gasteiger partial charge in [-0.3, -0.25) is 9.59 Å². The molecule has 28 heavy (non-hydrogen) atoms. The Morgan fingerprint density at radius 1 is 0.929 bits per heavy atom. The molecule has 6 heteroatoms. The Kier molecular flexibility index (Phi) is 4.67. The Morgan fingerprint density at radius 2 is 1.61 bits per heavy atom. The number of hydrogen-bond donors (Lipinski definition) is 2. The third-order valence-electron chi connectivity index (χ3n) is 4.45. The first kappa shape index (κ1) is 18.3. The van der Waals surface area contributed by atoms with Gasteiger partial charge in [0.25, 0.3) is 5.91 Å². The average molecular weight is 410 g/mol. The van der Waals surface area contributed by atoms with E-state index in [4.69, 9.17) is 23.2 Å². The van der Waals surface area contributed by atoms with Crippen molar-refractivity contribution in [3.8, 4) is 5.75 Å². The van der Waals surface area contributed by atoms with Crippen LogP contribution in [0.4, 0.5) is 5.69 Å². The molecule has 0 saturated carbocycles. The lowest BCUT2D eigenvalue weighted by Crippen LogP contribution is -2.03. The molecule has 4 rings (SSSR count). The minimum absolute atomic E-state index is 0.0889. The van der Waals surface area contributed by atoms with Crippen molar-refractivity contribution in [2.45, 2.75) is 0 Å². The molecule has 1 aliphatic rings. The van der Waals surface area contributed by atoms with Crippen LogP contribution in [0.3, 0.4) is 0 Å². The minimum Gasteiger partial charge on any atom is -0.505 e. The van der Waals surface area contributed by atoms with E-state index in [2.05, 4.69) is 5.32 Å². The molecule has 0 aromatic heterocycles. The van der Waals surface area contributed by atoms with E-state index < -0.39 is 0 Å². The lowest BCUT2D eigenvalue weighted by Gasteiger charge is -2.05. The Balaban J connectivity index is 1.77.